The molecule has 0 heterocycles. The zero-order valence-corrected chi connectivity index (χ0v) is 23.8. The molecule has 0 saturated carbocycles. The quantitative estimate of drug-likeness (QED) is 0.243. The molecule has 0 saturated heterocycles. The molecule has 0 radical (unpaired) electrons. The number of hydrogen-bond acceptors (Lipinski definition) is 0. The minimum atomic E-state index is 1.04. The van der Waals surface area contributed by atoms with Crippen LogP contribution in [-0.2, 0) is 6.42 Å². The lowest BCUT2D eigenvalue weighted by Gasteiger charge is -2.08. The number of rotatable bonds is 2. The first-order valence-electron chi connectivity index (χ1n) is 13.6. The van der Waals surface area contributed by atoms with Crippen LogP contribution in [-0.4, -0.2) is 0 Å². The highest BCUT2D eigenvalue weighted by molar-refractivity contribution is 5.81. The molecule has 0 spiro atoms. The minimum Gasteiger partial charge on any atom is -0.0683 e. The van der Waals surface area contributed by atoms with Gasteiger partial charge in [0.1, 0.15) is 0 Å². The van der Waals surface area contributed by atoms with Crippen LogP contribution in [0.25, 0.3) is 33.4 Å². The van der Waals surface area contributed by atoms with Gasteiger partial charge in [-0.1, -0.05) is 151 Å². The second-order valence-corrected chi connectivity index (χ2v) is 7.65. The summed E-state index contributed by atoms with van der Waals surface area (Å²) in [6.07, 6.45) is 1.04. The van der Waals surface area contributed by atoms with Crippen LogP contribution in [0, 0.1) is 13.8 Å². The highest BCUT2D eigenvalue weighted by Crippen LogP contribution is 2.39. The van der Waals surface area contributed by atoms with E-state index in [-0.39, 0.29) is 0 Å². The third-order valence-corrected chi connectivity index (χ3v) is 5.64. The first-order valence-corrected chi connectivity index (χ1v) is 13.6. The molecule has 0 bridgehead atoms. The first-order chi connectivity index (χ1) is 17.2. The summed E-state index contributed by atoms with van der Waals surface area (Å²) in [5, 5.41) is 0. The summed E-state index contributed by atoms with van der Waals surface area (Å²) in [4.78, 5) is 0. The van der Waals surface area contributed by atoms with E-state index in [2.05, 4.69) is 98.8 Å². The van der Waals surface area contributed by atoms with Crippen molar-refractivity contribution in [1.29, 1.82) is 0 Å². The maximum Gasteiger partial charge on any atom is -0.00131 e. The first kappa shape index (κ1) is 29.9. The van der Waals surface area contributed by atoms with E-state index >= 15 is 0 Å². The zero-order valence-electron chi connectivity index (χ0n) is 23.8. The Hall–Kier alpha value is -3.12. The molecule has 0 fully saturated rings. The number of hydrogen-bond donors (Lipinski definition) is 0. The molecule has 5 rings (SSSR count). The molecule has 4 aromatic rings. The topological polar surface area (TPSA) is 0 Å². The SMILES string of the molecule is CC.CC.CC.CC.Cc1ccc(-c2ccc(-c3ccc4c(c3)Cc3cc(C)ccc3-4)cc2)cc1. The average molecular weight is 467 g/mol. The third-order valence-electron chi connectivity index (χ3n) is 5.64. The van der Waals surface area contributed by atoms with Crippen LogP contribution < -0.4 is 0 Å². The number of benzene rings is 4. The summed E-state index contributed by atoms with van der Waals surface area (Å²) in [6, 6.07) is 31.4. The van der Waals surface area contributed by atoms with Crippen LogP contribution in [0.3, 0.4) is 0 Å². The Balaban J connectivity index is 0.000000699. The Morgan fingerprint density at radius 1 is 0.371 bits per heavy atom. The standard InChI is InChI=1S/C27H22.4C2H6/c1-18-3-6-20(7-4-18)21-8-10-22(11-9-21)23-12-14-27-25(16-23)17-24-15-19(2)5-13-26(24)27;4*1-2/h3-16H,17H2,1-2H3;4*1-2H3. The van der Waals surface area contributed by atoms with Crippen molar-refractivity contribution in [3.8, 4) is 33.4 Å². The van der Waals surface area contributed by atoms with Crippen molar-refractivity contribution in [3.05, 3.63) is 107 Å². The fourth-order valence-corrected chi connectivity index (χ4v) is 4.12. The smallest absolute Gasteiger partial charge is 0.00131 e. The van der Waals surface area contributed by atoms with Gasteiger partial charge >= 0.3 is 0 Å². The van der Waals surface area contributed by atoms with Crippen molar-refractivity contribution in [2.75, 3.05) is 0 Å². The molecule has 1 aliphatic rings. The summed E-state index contributed by atoms with van der Waals surface area (Å²) in [6.45, 7) is 20.3. The lowest BCUT2D eigenvalue weighted by molar-refractivity contribution is 1.25. The molecule has 0 aromatic heterocycles. The van der Waals surface area contributed by atoms with E-state index in [9.17, 15) is 0 Å². The summed E-state index contributed by atoms with van der Waals surface area (Å²) < 4.78 is 0. The predicted octanol–water partition coefficient (Wildman–Crippen LogP) is 11.3. The van der Waals surface area contributed by atoms with Crippen LogP contribution in [0.4, 0.5) is 0 Å². The Labute approximate surface area is 216 Å². The fraction of sp³-hybridized carbons (Fsp3) is 0.314. The fourth-order valence-electron chi connectivity index (χ4n) is 4.12. The highest BCUT2D eigenvalue weighted by atomic mass is 14.2. The Kier molecular flexibility index (Phi) is 13.4. The second kappa shape index (κ2) is 15.7. The largest absolute Gasteiger partial charge is 0.0683 e. The van der Waals surface area contributed by atoms with Crippen molar-refractivity contribution in [3.63, 3.8) is 0 Å². The third kappa shape index (κ3) is 7.43. The molecule has 0 amide bonds. The molecule has 186 valence electrons. The van der Waals surface area contributed by atoms with Crippen molar-refractivity contribution in [1.82, 2.24) is 0 Å². The molecule has 0 nitrogen and oxygen atoms in total. The van der Waals surface area contributed by atoms with Crippen molar-refractivity contribution < 1.29 is 0 Å². The number of aryl methyl sites for hydroxylation is 2. The minimum absolute atomic E-state index is 1.04. The van der Waals surface area contributed by atoms with E-state index in [1.165, 1.54) is 55.6 Å². The summed E-state index contributed by atoms with van der Waals surface area (Å²) in [5.41, 5.74) is 13.4. The molecule has 0 atom stereocenters. The zero-order chi connectivity index (χ0) is 26.4. The normalized spacial score (nSPS) is 9.89. The monoisotopic (exact) mass is 466 g/mol. The summed E-state index contributed by atoms with van der Waals surface area (Å²) >= 11 is 0. The molecule has 0 unspecified atom stereocenters. The second-order valence-electron chi connectivity index (χ2n) is 7.65. The van der Waals surface area contributed by atoms with Gasteiger partial charge in [-0.15, -0.1) is 0 Å². The van der Waals surface area contributed by atoms with Crippen LogP contribution >= 0.6 is 0 Å². The van der Waals surface area contributed by atoms with Gasteiger partial charge in [-0.25, -0.2) is 0 Å². The van der Waals surface area contributed by atoms with Crippen LogP contribution in [0.5, 0.6) is 0 Å². The van der Waals surface area contributed by atoms with Crippen molar-refractivity contribution in [2.45, 2.75) is 75.7 Å². The Morgan fingerprint density at radius 3 is 1.23 bits per heavy atom. The van der Waals surface area contributed by atoms with Crippen molar-refractivity contribution >= 4 is 0 Å². The van der Waals surface area contributed by atoms with Gasteiger partial charge in [0, 0.05) is 0 Å². The molecule has 0 heteroatoms. The highest BCUT2D eigenvalue weighted by Gasteiger charge is 2.18. The maximum absolute atomic E-state index is 2.37. The van der Waals surface area contributed by atoms with E-state index in [1.807, 2.05) is 55.4 Å². The van der Waals surface area contributed by atoms with Gasteiger partial charge in [-0.2, -0.15) is 0 Å². The van der Waals surface area contributed by atoms with E-state index in [1.54, 1.807) is 0 Å². The van der Waals surface area contributed by atoms with E-state index in [0.29, 0.717) is 0 Å². The van der Waals surface area contributed by atoms with E-state index in [4.69, 9.17) is 0 Å². The Morgan fingerprint density at radius 2 is 0.714 bits per heavy atom. The average Bonchev–Trinajstić information content (AvgIpc) is 3.30. The van der Waals surface area contributed by atoms with Gasteiger partial charge in [-0.3, -0.25) is 0 Å². The molecule has 35 heavy (non-hydrogen) atoms. The molecular formula is C35H46. The summed E-state index contributed by atoms with van der Waals surface area (Å²) in [5.74, 6) is 0. The molecule has 4 aromatic carbocycles. The lowest BCUT2D eigenvalue weighted by Crippen LogP contribution is -1.84. The van der Waals surface area contributed by atoms with E-state index < -0.39 is 0 Å². The van der Waals surface area contributed by atoms with E-state index in [0.717, 1.165) is 6.42 Å². The predicted molar refractivity (Wildman–Crippen MR) is 160 cm³/mol. The lowest BCUT2D eigenvalue weighted by atomic mass is 9.97. The van der Waals surface area contributed by atoms with Crippen LogP contribution in [0.1, 0.15) is 77.6 Å². The number of fused-ring (bicyclic) bond motifs is 3. The Bertz CT molecular complexity index is 1130. The van der Waals surface area contributed by atoms with Gasteiger partial charge < -0.3 is 0 Å². The van der Waals surface area contributed by atoms with Gasteiger partial charge in [-0.05, 0) is 64.8 Å². The van der Waals surface area contributed by atoms with Crippen LogP contribution in [0.2, 0.25) is 0 Å². The van der Waals surface area contributed by atoms with Gasteiger partial charge in [0.2, 0.25) is 0 Å². The molecule has 0 N–H and O–H groups in total. The molecule has 0 aliphatic heterocycles. The van der Waals surface area contributed by atoms with Crippen LogP contribution in [0.15, 0.2) is 84.9 Å². The maximum atomic E-state index is 2.37. The van der Waals surface area contributed by atoms with Gasteiger partial charge in [0.15, 0.2) is 0 Å². The molecule has 1 aliphatic carbocycles. The van der Waals surface area contributed by atoms with Gasteiger partial charge in [0.05, 0.1) is 0 Å². The molecular weight excluding hydrogens is 420 g/mol. The summed E-state index contributed by atoms with van der Waals surface area (Å²) in [7, 11) is 0. The van der Waals surface area contributed by atoms with Crippen molar-refractivity contribution in [2.24, 2.45) is 0 Å². The van der Waals surface area contributed by atoms with Gasteiger partial charge in [0.25, 0.3) is 0 Å².